The van der Waals surface area contributed by atoms with E-state index in [1.165, 1.54) is 18.2 Å². The monoisotopic (exact) mass is 628 g/mol. The Balaban J connectivity index is 1.76. The Morgan fingerprint density at radius 2 is 1.90 bits per heavy atom. The van der Waals surface area contributed by atoms with Crippen LogP contribution in [0.3, 0.4) is 0 Å². The van der Waals surface area contributed by atoms with E-state index in [1.807, 2.05) is 13.8 Å². The second-order valence-electron chi connectivity index (χ2n) is 8.38. The van der Waals surface area contributed by atoms with Crippen molar-refractivity contribution in [1.29, 1.82) is 0 Å². The Morgan fingerprint density at radius 1 is 1.18 bits per heavy atom. The van der Waals surface area contributed by atoms with E-state index in [0.717, 1.165) is 5.56 Å². The highest BCUT2D eigenvalue weighted by Crippen LogP contribution is 2.42. The average molecular weight is 629 g/mol. The van der Waals surface area contributed by atoms with Crippen molar-refractivity contribution in [3.05, 3.63) is 63.9 Å². The number of hydrogen-bond acceptors (Lipinski definition) is 6. The molecule has 39 heavy (non-hydrogen) atoms. The zero-order valence-corrected chi connectivity index (χ0v) is 23.4. The first-order chi connectivity index (χ1) is 18.4. The van der Waals surface area contributed by atoms with Gasteiger partial charge in [0.05, 0.1) is 29.0 Å². The SMILES string of the molecule is CCNC(=O)c1c(C)nc(OCC)n1Cc1ccc2oc(-c3ccccc3NS(=O)(=O)C(F)(F)F)c(Br)c2c1. The molecule has 4 rings (SSSR count). The minimum Gasteiger partial charge on any atom is -0.465 e. The Morgan fingerprint density at radius 3 is 2.56 bits per heavy atom. The molecule has 0 saturated carbocycles. The van der Waals surface area contributed by atoms with Crippen LogP contribution in [0.1, 0.15) is 35.6 Å². The van der Waals surface area contributed by atoms with Crippen LogP contribution in [-0.2, 0) is 16.6 Å². The van der Waals surface area contributed by atoms with Crippen molar-refractivity contribution in [2.75, 3.05) is 17.9 Å². The van der Waals surface area contributed by atoms with Gasteiger partial charge in [-0.2, -0.15) is 26.6 Å². The zero-order chi connectivity index (χ0) is 28.5. The number of benzene rings is 2. The number of ether oxygens (including phenoxy) is 1. The van der Waals surface area contributed by atoms with Crippen LogP contribution in [0.4, 0.5) is 18.9 Å². The fourth-order valence-corrected chi connectivity index (χ4v) is 5.19. The van der Waals surface area contributed by atoms with Gasteiger partial charge in [0, 0.05) is 17.5 Å². The van der Waals surface area contributed by atoms with Gasteiger partial charge in [-0.15, -0.1) is 0 Å². The number of alkyl halides is 3. The molecule has 2 heterocycles. The second-order valence-corrected chi connectivity index (χ2v) is 10.8. The van der Waals surface area contributed by atoms with Crippen molar-refractivity contribution < 1.29 is 35.5 Å². The molecule has 0 radical (unpaired) electrons. The van der Waals surface area contributed by atoms with Gasteiger partial charge >= 0.3 is 15.5 Å². The van der Waals surface area contributed by atoms with Crippen molar-refractivity contribution in [1.82, 2.24) is 14.9 Å². The van der Waals surface area contributed by atoms with Crippen LogP contribution in [-0.4, -0.2) is 42.5 Å². The number of nitrogens with one attached hydrogen (secondary N) is 2. The van der Waals surface area contributed by atoms with Crippen LogP contribution in [0.25, 0.3) is 22.3 Å². The molecule has 0 fully saturated rings. The molecule has 0 unspecified atom stereocenters. The van der Waals surface area contributed by atoms with Crippen LogP contribution in [0.15, 0.2) is 51.4 Å². The smallest absolute Gasteiger partial charge is 0.465 e. The van der Waals surface area contributed by atoms with Gasteiger partial charge in [0.1, 0.15) is 11.3 Å². The number of carbonyl (C=O) groups is 1. The van der Waals surface area contributed by atoms with E-state index in [1.54, 1.807) is 40.5 Å². The van der Waals surface area contributed by atoms with Gasteiger partial charge in [-0.3, -0.25) is 14.1 Å². The third-order valence-corrected chi connectivity index (χ3v) is 7.57. The maximum absolute atomic E-state index is 13.0. The van der Waals surface area contributed by atoms with Gasteiger partial charge in [0.2, 0.25) is 0 Å². The summed E-state index contributed by atoms with van der Waals surface area (Å²) in [4.78, 5) is 17.1. The highest BCUT2D eigenvalue weighted by molar-refractivity contribution is 9.10. The number of para-hydroxylation sites is 1. The summed E-state index contributed by atoms with van der Waals surface area (Å²) in [6.07, 6.45) is 0. The molecule has 14 heteroatoms. The number of amides is 1. The fraction of sp³-hybridized carbons (Fsp3) is 0.280. The number of anilines is 1. The summed E-state index contributed by atoms with van der Waals surface area (Å²) in [6, 6.07) is 11.1. The third-order valence-electron chi connectivity index (χ3n) is 5.69. The molecule has 2 aromatic carbocycles. The Bertz CT molecular complexity index is 1650. The third kappa shape index (κ3) is 5.62. The van der Waals surface area contributed by atoms with Crippen LogP contribution in [0, 0.1) is 6.92 Å². The summed E-state index contributed by atoms with van der Waals surface area (Å²) in [6.45, 7) is 6.35. The summed E-state index contributed by atoms with van der Waals surface area (Å²) < 4.78 is 77.7. The molecule has 208 valence electrons. The topological polar surface area (TPSA) is 115 Å². The molecular formula is C25H24BrF3N4O5S. The number of imidazole rings is 1. The quantitative estimate of drug-likeness (QED) is 0.241. The largest absolute Gasteiger partial charge is 0.516 e. The highest BCUT2D eigenvalue weighted by atomic mass is 79.9. The lowest BCUT2D eigenvalue weighted by molar-refractivity contribution is -0.0429. The summed E-state index contributed by atoms with van der Waals surface area (Å²) in [5.74, 6) is -0.154. The lowest BCUT2D eigenvalue weighted by Gasteiger charge is -2.13. The number of carbonyl (C=O) groups excluding carboxylic acids is 1. The van der Waals surface area contributed by atoms with Crippen molar-refractivity contribution in [2.45, 2.75) is 32.8 Å². The standard InChI is InChI=1S/C25H24BrF3N4O5S/c1-4-30-23(34)21-14(3)31-24(37-5-2)33(21)13-15-10-11-19-17(12-15)20(26)22(38-19)16-8-6-7-9-18(16)32-39(35,36)25(27,28)29/h6-12,32H,4-5,13H2,1-3H3,(H,30,34). The molecule has 9 nitrogen and oxygen atoms in total. The average Bonchev–Trinajstić information content (AvgIpc) is 3.34. The molecule has 0 aliphatic rings. The number of furan rings is 1. The molecule has 0 spiro atoms. The first-order valence-corrected chi connectivity index (χ1v) is 14.0. The van der Waals surface area contributed by atoms with E-state index >= 15 is 0 Å². The first kappa shape index (κ1) is 28.5. The van der Waals surface area contributed by atoms with E-state index < -0.39 is 15.5 Å². The van der Waals surface area contributed by atoms with E-state index in [4.69, 9.17) is 9.15 Å². The van der Waals surface area contributed by atoms with E-state index in [-0.39, 0.29) is 35.5 Å². The Kier molecular flexibility index (Phi) is 7.98. The summed E-state index contributed by atoms with van der Waals surface area (Å²) >= 11 is 3.46. The Hall–Kier alpha value is -3.52. The van der Waals surface area contributed by atoms with E-state index in [2.05, 4.69) is 26.2 Å². The number of halogens is 4. The maximum atomic E-state index is 13.0. The molecule has 0 aliphatic heterocycles. The highest BCUT2D eigenvalue weighted by Gasteiger charge is 2.46. The van der Waals surface area contributed by atoms with Crippen molar-refractivity contribution in [3.8, 4) is 17.3 Å². The first-order valence-electron chi connectivity index (χ1n) is 11.8. The van der Waals surface area contributed by atoms with Gasteiger partial charge < -0.3 is 14.5 Å². The lowest BCUT2D eigenvalue weighted by atomic mass is 10.1. The van der Waals surface area contributed by atoms with Crippen LogP contribution >= 0.6 is 15.9 Å². The molecule has 0 atom stereocenters. The van der Waals surface area contributed by atoms with Gasteiger partial charge in [0.25, 0.3) is 11.9 Å². The van der Waals surface area contributed by atoms with Gasteiger partial charge in [-0.05, 0) is 66.5 Å². The van der Waals surface area contributed by atoms with Crippen LogP contribution in [0.5, 0.6) is 6.01 Å². The Labute approximate surface area is 230 Å². The lowest BCUT2D eigenvalue weighted by Crippen LogP contribution is -2.30. The summed E-state index contributed by atoms with van der Waals surface area (Å²) in [5.41, 5.74) is -3.64. The van der Waals surface area contributed by atoms with Crippen molar-refractivity contribution in [2.24, 2.45) is 0 Å². The molecule has 0 aliphatic carbocycles. The summed E-state index contributed by atoms with van der Waals surface area (Å²) in [7, 11) is -5.65. The molecule has 2 aromatic heterocycles. The maximum Gasteiger partial charge on any atom is 0.516 e. The predicted octanol–water partition coefficient (Wildman–Crippen LogP) is 5.83. The van der Waals surface area contributed by atoms with E-state index in [9.17, 15) is 26.4 Å². The van der Waals surface area contributed by atoms with Gasteiger partial charge in [0.15, 0.2) is 5.76 Å². The van der Waals surface area contributed by atoms with Crippen LogP contribution in [0.2, 0.25) is 0 Å². The molecule has 4 aromatic rings. The van der Waals surface area contributed by atoms with Gasteiger partial charge in [-0.25, -0.2) is 0 Å². The number of aryl methyl sites for hydroxylation is 1. The number of hydrogen-bond donors (Lipinski definition) is 2. The fourth-order valence-electron chi connectivity index (χ4n) is 4.01. The predicted molar refractivity (Wildman–Crippen MR) is 143 cm³/mol. The number of fused-ring (bicyclic) bond motifs is 1. The zero-order valence-electron chi connectivity index (χ0n) is 21.0. The van der Waals surface area contributed by atoms with Crippen LogP contribution < -0.4 is 14.8 Å². The minimum atomic E-state index is -5.65. The molecular weight excluding hydrogens is 605 g/mol. The number of rotatable bonds is 9. The number of sulfonamides is 1. The second kappa shape index (κ2) is 10.9. The normalized spacial score (nSPS) is 12.1. The number of aromatic nitrogens is 2. The molecule has 0 saturated heterocycles. The minimum absolute atomic E-state index is 0.109. The summed E-state index contributed by atoms with van der Waals surface area (Å²) in [5, 5.41) is 3.37. The van der Waals surface area contributed by atoms with Gasteiger partial charge in [-0.1, -0.05) is 18.2 Å². The van der Waals surface area contributed by atoms with E-state index in [0.29, 0.717) is 40.0 Å². The van der Waals surface area contributed by atoms with Crippen molar-refractivity contribution >= 4 is 48.5 Å². The van der Waals surface area contributed by atoms with Crippen molar-refractivity contribution in [3.63, 3.8) is 0 Å². The molecule has 2 N–H and O–H groups in total. The molecule has 0 bridgehead atoms. The number of nitrogens with zero attached hydrogens (tertiary/aromatic N) is 2. The molecule has 1 amide bonds.